The molecule has 0 radical (unpaired) electrons. The lowest BCUT2D eigenvalue weighted by atomic mass is 9.43. The van der Waals surface area contributed by atoms with Gasteiger partial charge in [0.2, 0.25) is 0 Å². The van der Waals surface area contributed by atoms with Crippen molar-refractivity contribution in [3.8, 4) is 0 Å². The van der Waals surface area contributed by atoms with Crippen molar-refractivity contribution in [1.82, 2.24) is 0 Å². The molecule has 4 fully saturated rings. The van der Waals surface area contributed by atoms with E-state index in [0.717, 1.165) is 32.1 Å². The Balaban J connectivity index is 1.78. The SMILES string of the molecule is CC(=O)[C@@]1(N=[N+]=[N-])[C@H](O)C[C@H]2[C@@H]3CC[C@H]4C[C@@H](O)CC[C@]4(C)[C@H]3C(=O)C[C@@]21C. The maximum Gasteiger partial charge on any atom is 0.145 e. The molecule has 0 heterocycles. The van der Waals surface area contributed by atoms with E-state index in [0.29, 0.717) is 12.3 Å². The Bertz CT molecular complexity index is 761. The molecule has 4 aliphatic carbocycles. The van der Waals surface area contributed by atoms with E-state index in [9.17, 15) is 19.8 Å². The van der Waals surface area contributed by atoms with E-state index < -0.39 is 17.1 Å². The molecule has 7 nitrogen and oxygen atoms in total. The van der Waals surface area contributed by atoms with Crippen LogP contribution in [0.15, 0.2) is 5.11 Å². The van der Waals surface area contributed by atoms with Crippen molar-refractivity contribution in [2.45, 2.75) is 83.5 Å². The summed E-state index contributed by atoms with van der Waals surface area (Å²) in [6.45, 7) is 5.44. The Hall–Kier alpha value is -1.43. The summed E-state index contributed by atoms with van der Waals surface area (Å²) in [5.74, 6) is 0.0938. The van der Waals surface area contributed by atoms with Crippen molar-refractivity contribution in [1.29, 1.82) is 0 Å². The third kappa shape index (κ3) is 2.27. The van der Waals surface area contributed by atoms with Crippen molar-refractivity contribution in [3.63, 3.8) is 0 Å². The quantitative estimate of drug-likeness (QED) is 0.427. The van der Waals surface area contributed by atoms with Crippen LogP contribution in [-0.2, 0) is 9.59 Å². The molecule has 0 unspecified atom stereocenters. The van der Waals surface area contributed by atoms with Gasteiger partial charge in [0.15, 0.2) is 0 Å². The van der Waals surface area contributed by atoms with Crippen molar-refractivity contribution in [2.24, 2.45) is 39.6 Å². The predicted octanol–water partition coefficient (Wildman–Crippen LogP) is 3.18. The number of fused-ring (bicyclic) bond motifs is 5. The number of carbonyl (C=O) groups is 2. The molecule has 0 aromatic rings. The first-order valence-corrected chi connectivity index (χ1v) is 10.6. The molecule has 28 heavy (non-hydrogen) atoms. The minimum atomic E-state index is -1.56. The zero-order valence-corrected chi connectivity index (χ0v) is 17.0. The summed E-state index contributed by atoms with van der Waals surface area (Å²) in [7, 11) is 0. The smallest absolute Gasteiger partial charge is 0.145 e. The van der Waals surface area contributed by atoms with Gasteiger partial charge in [0.05, 0.1) is 12.2 Å². The minimum Gasteiger partial charge on any atom is -0.393 e. The Labute approximate surface area is 165 Å². The number of rotatable bonds is 2. The van der Waals surface area contributed by atoms with Crippen LogP contribution in [0.1, 0.15) is 65.7 Å². The molecule has 0 saturated heterocycles. The van der Waals surface area contributed by atoms with Crippen LogP contribution in [0.4, 0.5) is 0 Å². The number of aliphatic hydroxyl groups excluding tert-OH is 2. The molecule has 0 bridgehead atoms. The maximum absolute atomic E-state index is 13.5. The fourth-order valence-corrected chi connectivity index (χ4v) is 8.02. The number of azide groups is 1. The fourth-order valence-electron chi connectivity index (χ4n) is 8.02. The summed E-state index contributed by atoms with van der Waals surface area (Å²) < 4.78 is 0. The summed E-state index contributed by atoms with van der Waals surface area (Å²) in [6.07, 6.45) is 3.37. The van der Waals surface area contributed by atoms with E-state index in [-0.39, 0.29) is 47.3 Å². The fraction of sp³-hybridized carbons (Fsp3) is 0.905. The highest BCUT2D eigenvalue weighted by Gasteiger charge is 2.71. The largest absolute Gasteiger partial charge is 0.393 e. The van der Waals surface area contributed by atoms with Gasteiger partial charge in [-0.2, -0.15) is 0 Å². The van der Waals surface area contributed by atoms with E-state index in [1.165, 1.54) is 6.92 Å². The third-order valence-corrected chi connectivity index (χ3v) is 9.29. The predicted molar refractivity (Wildman–Crippen MR) is 102 cm³/mol. The minimum absolute atomic E-state index is 0.0239. The zero-order chi connectivity index (χ0) is 20.5. The van der Waals surface area contributed by atoms with Crippen LogP contribution in [0.3, 0.4) is 0 Å². The zero-order valence-electron chi connectivity index (χ0n) is 17.0. The van der Waals surface area contributed by atoms with Crippen molar-refractivity contribution >= 4 is 11.6 Å². The molecule has 4 saturated carbocycles. The average molecular weight is 389 g/mol. The second-order valence-electron chi connectivity index (χ2n) is 10.3. The molecule has 0 amide bonds. The van der Waals surface area contributed by atoms with Gasteiger partial charge in [0.1, 0.15) is 17.1 Å². The first-order valence-electron chi connectivity index (χ1n) is 10.6. The van der Waals surface area contributed by atoms with Gasteiger partial charge < -0.3 is 10.2 Å². The summed E-state index contributed by atoms with van der Waals surface area (Å²) >= 11 is 0. The van der Waals surface area contributed by atoms with Gasteiger partial charge in [0, 0.05) is 17.3 Å². The van der Waals surface area contributed by atoms with Gasteiger partial charge in [-0.25, -0.2) is 0 Å². The van der Waals surface area contributed by atoms with Gasteiger partial charge in [0.25, 0.3) is 0 Å². The van der Waals surface area contributed by atoms with Gasteiger partial charge >= 0.3 is 0 Å². The molecule has 7 heteroatoms. The lowest BCUT2D eigenvalue weighted by Crippen LogP contribution is -2.62. The average Bonchev–Trinajstić information content (AvgIpc) is 2.84. The molecule has 0 aliphatic heterocycles. The van der Waals surface area contributed by atoms with Gasteiger partial charge in [-0.15, -0.1) is 0 Å². The van der Waals surface area contributed by atoms with Crippen LogP contribution in [0.2, 0.25) is 0 Å². The van der Waals surface area contributed by atoms with E-state index in [1.54, 1.807) is 0 Å². The molecule has 0 aromatic carbocycles. The molecule has 0 spiro atoms. The highest BCUT2D eigenvalue weighted by Crippen LogP contribution is 2.68. The molecule has 2 N–H and O–H groups in total. The number of carbonyl (C=O) groups excluding carboxylic acids is 2. The second kappa shape index (κ2) is 6.28. The maximum atomic E-state index is 13.5. The van der Waals surface area contributed by atoms with Crippen LogP contribution in [0.25, 0.3) is 10.4 Å². The number of Topliss-reactive ketones (excluding diaryl/α,β-unsaturated/α-hetero) is 2. The molecule has 154 valence electrons. The lowest BCUT2D eigenvalue weighted by molar-refractivity contribution is -0.163. The molecule has 9 atom stereocenters. The number of nitrogens with zero attached hydrogens (tertiary/aromatic N) is 3. The number of hydrogen-bond donors (Lipinski definition) is 2. The monoisotopic (exact) mass is 389 g/mol. The standard InChI is InChI=1S/C21H31N3O4/c1-11(25)21(23-24-22)17(28)9-15-14-5-4-12-8-13(26)6-7-19(12,2)18(14)16(27)10-20(15,21)3/h12-15,17-18,26,28H,4-10H2,1-3H3/t12-,13-,14-,15-,17+,18+,19-,20-,21+/m0/s1. The molecular formula is C21H31N3O4. The van der Waals surface area contributed by atoms with Gasteiger partial charge in [-0.1, -0.05) is 19.0 Å². The Kier molecular flexibility index (Phi) is 4.46. The topological polar surface area (TPSA) is 123 Å². The molecule has 0 aromatic heterocycles. The summed E-state index contributed by atoms with van der Waals surface area (Å²) in [4.78, 5) is 29.1. The Morgan fingerprint density at radius 1 is 1.21 bits per heavy atom. The first-order chi connectivity index (χ1) is 13.1. The van der Waals surface area contributed by atoms with Crippen molar-refractivity contribution in [3.05, 3.63) is 10.4 Å². The number of hydrogen-bond acceptors (Lipinski definition) is 5. The van der Waals surface area contributed by atoms with Gasteiger partial charge in [-0.3, -0.25) is 9.59 Å². The van der Waals surface area contributed by atoms with Crippen LogP contribution in [0, 0.1) is 34.5 Å². The van der Waals surface area contributed by atoms with Crippen LogP contribution < -0.4 is 0 Å². The highest BCUT2D eigenvalue weighted by molar-refractivity contribution is 5.92. The van der Waals surface area contributed by atoms with Crippen LogP contribution in [-0.4, -0.2) is 39.5 Å². The van der Waals surface area contributed by atoms with Crippen LogP contribution in [0.5, 0.6) is 0 Å². The van der Waals surface area contributed by atoms with Crippen molar-refractivity contribution in [2.75, 3.05) is 0 Å². The third-order valence-electron chi connectivity index (χ3n) is 9.29. The Morgan fingerprint density at radius 3 is 2.57 bits per heavy atom. The first kappa shape index (κ1) is 19.9. The number of aliphatic hydroxyl groups is 2. The van der Waals surface area contributed by atoms with E-state index in [1.807, 2.05) is 6.92 Å². The van der Waals surface area contributed by atoms with Crippen molar-refractivity contribution < 1.29 is 19.8 Å². The number of ketones is 2. The van der Waals surface area contributed by atoms with E-state index in [2.05, 4.69) is 16.9 Å². The highest BCUT2D eigenvalue weighted by atomic mass is 16.3. The normalized spacial score (nSPS) is 52.8. The Morgan fingerprint density at radius 2 is 1.93 bits per heavy atom. The summed E-state index contributed by atoms with van der Waals surface area (Å²) in [5.41, 5.74) is 6.63. The van der Waals surface area contributed by atoms with E-state index >= 15 is 0 Å². The molecule has 4 rings (SSSR count). The van der Waals surface area contributed by atoms with Gasteiger partial charge in [-0.05, 0) is 79.6 Å². The van der Waals surface area contributed by atoms with Crippen LogP contribution >= 0.6 is 0 Å². The summed E-state index contributed by atoms with van der Waals surface area (Å²) in [5, 5.41) is 24.9. The summed E-state index contributed by atoms with van der Waals surface area (Å²) in [6, 6.07) is 0. The lowest BCUT2D eigenvalue weighted by Gasteiger charge is -2.60. The second-order valence-corrected chi connectivity index (χ2v) is 10.3. The molecular weight excluding hydrogens is 358 g/mol. The molecule has 4 aliphatic rings. The van der Waals surface area contributed by atoms with E-state index in [4.69, 9.17) is 5.53 Å².